The van der Waals surface area contributed by atoms with E-state index in [4.69, 9.17) is 27.9 Å². The van der Waals surface area contributed by atoms with Gasteiger partial charge in [0.05, 0.1) is 22.2 Å². The summed E-state index contributed by atoms with van der Waals surface area (Å²) in [7, 11) is 1.90. The van der Waals surface area contributed by atoms with Crippen LogP contribution in [-0.2, 0) is 0 Å². The zero-order chi connectivity index (χ0) is 15.4. The first-order valence-electron chi connectivity index (χ1n) is 6.91. The molecule has 2 nitrogen and oxygen atoms in total. The van der Waals surface area contributed by atoms with Crippen LogP contribution in [0.1, 0.15) is 31.0 Å². The molecule has 0 heterocycles. The molecule has 0 saturated carbocycles. The second kappa shape index (κ2) is 7.17. The van der Waals surface area contributed by atoms with Crippen LogP contribution in [0.2, 0.25) is 10.0 Å². The highest BCUT2D eigenvalue weighted by Gasteiger charge is 2.20. The highest BCUT2D eigenvalue weighted by molar-refractivity contribution is 6.42. The second-order valence-corrected chi connectivity index (χ2v) is 5.85. The van der Waals surface area contributed by atoms with Gasteiger partial charge >= 0.3 is 0 Å². The van der Waals surface area contributed by atoms with E-state index in [9.17, 15) is 0 Å². The molecule has 1 unspecified atom stereocenters. The molecule has 0 aliphatic rings. The van der Waals surface area contributed by atoms with Crippen LogP contribution in [0.5, 0.6) is 5.75 Å². The summed E-state index contributed by atoms with van der Waals surface area (Å²) in [5.41, 5.74) is 1.98. The molecule has 0 aromatic heterocycles. The second-order valence-electron chi connectivity index (χ2n) is 5.07. The molecular weight excluding hydrogens is 305 g/mol. The van der Waals surface area contributed by atoms with Crippen LogP contribution >= 0.6 is 23.2 Å². The molecule has 2 aromatic rings. The Labute approximate surface area is 136 Å². The molecule has 21 heavy (non-hydrogen) atoms. The normalized spacial score (nSPS) is 12.5. The number of nitrogens with one attached hydrogen (secondary N) is 1. The smallest absolute Gasteiger partial charge is 0.124 e. The molecule has 0 spiro atoms. The van der Waals surface area contributed by atoms with Gasteiger partial charge in [0.15, 0.2) is 0 Å². The summed E-state index contributed by atoms with van der Waals surface area (Å²) in [6, 6.07) is 13.6. The quantitative estimate of drug-likeness (QED) is 0.827. The summed E-state index contributed by atoms with van der Waals surface area (Å²) in [5, 5.41) is 4.41. The lowest BCUT2D eigenvalue weighted by atomic mass is 9.98. The molecule has 1 atom stereocenters. The maximum absolute atomic E-state index is 6.36. The van der Waals surface area contributed by atoms with Crippen molar-refractivity contribution < 1.29 is 4.74 Å². The predicted molar refractivity (Wildman–Crippen MR) is 89.6 cm³/mol. The lowest BCUT2D eigenvalue weighted by Gasteiger charge is -2.23. The van der Waals surface area contributed by atoms with Crippen molar-refractivity contribution >= 4 is 23.2 Å². The number of benzene rings is 2. The molecule has 2 aromatic carbocycles. The van der Waals surface area contributed by atoms with E-state index >= 15 is 0 Å². The van der Waals surface area contributed by atoms with Crippen LogP contribution < -0.4 is 10.1 Å². The van der Waals surface area contributed by atoms with Crippen LogP contribution in [0, 0.1) is 0 Å². The zero-order valence-corrected chi connectivity index (χ0v) is 13.9. The van der Waals surface area contributed by atoms with Gasteiger partial charge in [-0.05, 0) is 38.6 Å². The molecule has 0 fully saturated rings. The SMILES string of the molecule is CNC(c1ccccc1OC(C)C)c1cccc(Cl)c1Cl. The van der Waals surface area contributed by atoms with Gasteiger partial charge in [0.2, 0.25) is 0 Å². The third-order valence-corrected chi connectivity index (χ3v) is 4.01. The van der Waals surface area contributed by atoms with Crippen LogP contribution in [0.15, 0.2) is 42.5 Å². The minimum atomic E-state index is -0.0776. The lowest BCUT2D eigenvalue weighted by molar-refractivity contribution is 0.238. The van der Waals surface area contributed by atoms with Crippen molar-refractivity contribution in [1.82, 2.24) is 5.32 Å². The van der Waals surface area contributed by atoms with Gasteiger partial charge in [-0.15, -0.1) is 0 Å². The largest absolute Gasteiger partial charge is 0.491 e. The standard InChI is InChI=1S/C17H19Cl2NO/c1-11(2)21-15-10-5-4-7-12(15)17(20-3)13-8-6-9-14(18)16(13)19/h4-11,17,20H,1-3H3. The molecular formula is C17H19Cl2NO. The van der Waals surface area contributed by atoms with Crippen molar-refractivity contribution in [1.29, 1.82) is 0 Å². The maximum atomic E-state index is 6.36. The molecule has 1 N–H and O–H groups in total. The molecule has 0 aliphatic heterocycles. The monoisotopic (exact) mass is 323 g/mol. The molecule has 112 valence electrons. The van der Waals surface area contributed by atoms with E-state index in [0.717, 1.165) is 16.9 Å². The van der Waals surface area contributed by atoms with Crippen molar-refractivity contribution in [2.45, 2.75) is 26.0 Å². The fraction of sp³-hybridized carbons (Fsp3) is 0.294. The molecule has 0 amide bonds. The number of halogens is 2. The van der Waals surface area contributed by atoms with Crippen molar-refractivity contribution in [3.63, 3.8) is 0 Å². The van der Waals surface area contributed by atoms with Gasteiger partial charge in [-0.1, -0.05) is 53.5 Å². The van der Waals surface area contributed by atoms with E-state index in [1.165, 1.54) is 0 Å². The fourth-order valence-electron chi connectivity index (χ4n) is 2.30. The molecule has 0 aliphatic carbocycles. The molecule has 0 bridgehead atoms. The third kappa shape index (κ3) is 3.70. The van der Waals surface area contributed by atoms with Gasteiger partial charge in [-0.3, -0.25) is 0 Å². The van der Waals surface area contributed by atoms with Crippen molar-refractivity contribution in [3.8, 4) is 5.75 Å². The van der Waals surface area contributed by atoms with E-state index in [0.29, 0.717) is 10.0 Å². The fourth-order valence-corrected chi connectivity index (χ4v) is 2.72. The molecule has 4 heteroatoms. The number of ether oxygens (including phenoxy) is 1. The minimum Gasteiger partial charge on any atom is -0.491 e. The Morgan fingerprint density at radius 3 is 2.29 bits per heavy atom. The topological polar surface area (TPSA) is 21.3 Å². The van der Waals surface area contributed by atoms with Crippen molar-refractivity contribution in [2.24, 2.45) is 0 Å². The number of rotatable bonds is 5. The number of hydrogen-bond donors (Lipinski definition) is 1. The van der Waals surface area contributed by atoms with E-state index in [-0.39, 0.29) is 12.1 Å². The molecule has 0 saturated heterocycles. The highest BCUT2D eigenvalue weighted by Crippen LogP contribution is 2.36. The Hall–Kier alpha value is -1.22. The van der Waals surface area contributed by atoms with Gasteiger partial charge in [0.25, 0.3) is 0 Å². The summed E-state index contributed by atoms with van der Waals surface area (Å²) in [6.07, 6.45) is 0.110. The first kappa shape index (κ1) is 16.2. The summed E-state index contributed by atoms with van der Waals surface area (Å²) < 4.78 is 5.90. The minimum absolute atomic E-state index is 0.0776. The van der Waals surface area contributed by atoms with Crippen molar-refractivity contribution in [2.75, 3.05) is 7.05 Å². The van der Waals surface area contributed by atoms with Gasteiger partial charge < -0.3 is 10.1 Å². The van der Waals surface area contributed by atoms with Gasteiger partial charge in [-0.25, -0.2) is 0 Å². The van der Waals surface area contributed by atoms with E-state index in [1.54, 1.807) is 6.07 Å². The Morgan fingerprint density at radius 1 is 0.952 bits per heavy atom. The van der Waals surface area contributed by atoms with E-state index in [2.05, 4.69) is 5.32 Å². The Bertz CT molecular complexity index is 613. The van der Waals surface area contributed by atoms with E-state index < -0.39 is 0 Å². The first-order valence-corrected chi connectivity index (χ1v) is 7.67. The highest BCUT2D eigenvalue weighted by atomic mass is 35.5. The number of hydrogen-bond acceptors (Lipinski definition) is 2. The maximum Gasteiger partial charge on any atom is 0.124 e. The summed E-state index contributed by atoms with van der Waals surface area (Å²) in [6.45, 7) is 4.02. The molecule has 2 rings (SSSR count). The van der Waals surface area contributed by atoms with Gasteiger partial charge in [0, 0.05) is 5.56 Å². The number of para-hydroxylation sites is 1. The van der Waals surface area contributed by atoms with Crippen molar-refractivity contribution in [3.05, 3.63) is 63.6 Å². The average molecular weight is 324 g/mol. The van der Waals surface area contributed by atoms with Gasteiger partial charge in [-0.2, -0.15) is 0 Å². The summed E-state index contributed by atoms with van der Waals surface area (Å²) in [5.74, 6) is 0.850. The van der Waals surface area contributed by atoms with Gasteiger partial charge in [0.1, 0.15) is 5.75 Å². The van der Waals surface area contributed by atoms with Crippen LogP contribution in [0.4, 0.5) is 0 Å². The Balaban J connectivity index is 2.49. The summed E-state index contributed by atoms with van der Waals surface area (Å²) >= 11 is 12.5. The first-order chi connectivity index (χ1) is 10.0. The van der Waals surface area contributed by atoms with Crippen LogP contribution in [-0.4, -0.2) is 13.2 Å². The average Bonchev–Trinajstić information content (AvgIpc) is 2.45. The third-order valence-electron chi connectivity index (χ3n) is 3.17. The summed E-state index contributed by atoms with van der Waals surface area (Å²) in [4.78, 5) is 0. The molecule has 0 radical (unpaired) electrons. The Kier molecular flexibility index (Phi) is 5.51. The predicted octanol–water partition coefficient (Wildman–Crippen LogP) is 5.09. The zero-order valence-electron chi connectivity index (χ0n) is 12.4. The van der Waals surface area contributed by atoms with Crippen LogP contribution in [0.25, 0.3) is 0 Å². The Morgan fingerprint density at radius 2 is 1.62 bits per heavy atom. The van der Waals surface area contributed by atoms with E-state index in [1.807, 2.05) is 57.3 Å². The lowest BCUT2D eigenvalue weighted by Crippen LogP contribution is -2.20. The van der Waals surface area contributed by atoms with Crippen LogP contribution in [0.3, 0.4) is 0 Å².